The van der Waals surface area contributed by atoms with Gasteiger partial charge in [0.15, 0.2) is 11.5 Å². The molecule has 2 aromatic heterocycles. The minimum absolute atomic E-state index is 0.0111. The van der Waals surface area contributed by atoms with Crippen molar-refractivity contribution in [1.82, 2.24) is 24.6 Å². The van der Waals surface area contributed by atoms with E-state index in [2.05, 4.69) is 26.3 Å². The van der Waals surface area contributed by atoms with Crippen molar-refractivity contribution in [1.29, 1.82) is 0 Å². The summed E-state index contributed by atoms with van der Waals surface area (Å²) in [6, 6.07) is 9.05. The molecule has 1 unspecified atom stereocenters. The van der Waals surface area contributed by atoms with Gasteiger partial charge < -0.3 is 51.1 Å². The molecule has 0 bridgehead atoms. The number of nitrogens with one attached hydrogen (secondary N) is 4. The molecule has 4 heterocycles. The molecule has 0 spiro atoms. The second-order valence-corrected chi connectivity index (χ2v) is 14.7. The van der Waals surface area contributed by atoms with E-state index in [4.69, 9.17) is 40.1 Å². The Balaban J connectivity index is 0.813. The summed E-state index contributed by atoms with van der Waals surface area (Å²) in [5.41, 5.74) is 14.1. The van der Waals surface area contributed by atoms with Crippen molar-refractivity contribution in [2.45, 2.75) is 56.7 Å². The Morgan fingerprint density at radius 1 is 0.918 bits per heavy atom. The average molecular weight is 843 g/mol. The van der Waals surface area contributed by atoms with Gasteiger partial charge in [0.05, 0.1) is 57.9 Å². The maximum Gasteiger partial charge on any atom is 0.264 e. The Bertz CT molecular complexity index is 2270. The summed E-state index contributed by atoms with van der Waals surface area (Å²) in [6.45, 7) is 2.51. The molecule has 3 aliphatic rings. The quantitative estimate of drug-likeness (QED) is 0.0519. The van der Waals surface area contributed by atoms with E-state index < -0.39 is 35.6 Å². The molecule has 20 nitrogen and oxygen atoms in total. The summed E-state index contributed by atoms with van der Waals surface area (Å²) in [5, 5.41) is 12.0. The molecular weight excluding hydrogens is 793 g/mol. The highest BCUT2D eigenvalue weighted by atomic mass is 16.6. The highest BCUT2D eigenvalue weighted by molar-refractivity contribution is 6.25. The molecule has 2 aromatic carbocycles. The number of nitrogens with zero attached hydrogens (tertiary/aromatic N) is 4. The fourth-order valence-corrected chi connectivity index (χ4v) is 7.57. The number of hydrogen-bond acceptors (Lipinski definition) is 16. The monoisotopic (exact) mass is 842 g/mol. The lowest BCUT2D eigenvalue weighted by Gasteiger charge is -2.30. The predicted molar refractivity (Wildman–Crippen MR) is 221 cm³/mol. The van der Waals surface area contributed by atoms with Crippen molar-refractivity contribution in [2.24, 2.45) is 11.5 Å². The van der Waals surface area contributed by atoms with Gasteiger partial charge in [-0.05, 0) is 31.4 Å². The number of piperidine rings is 1. The number of carbonyl (C=O) groups excluding carboxylic acids is 5. The minimum atomic E-state index is -1.03. The highest BCUT2D eigenvalue weighted by Gasteiger charge is 2.45. The molecule has 1 saturated carbocycles. The van der Waals surface area contributed by atoms with Crippen LogP contribution in [0.3, 0.4) is 0 Å². The van der Waals surface area contributed by atoms with Gasteiger partial charge in [0.1, 0.15) is 29.7 Å². The fourth-order valence-electron chi connectivity index (χ4n) is 7.57. The van der Waals surface area contributed by atoms with Crippen LogP contribution in [0.4, 0.5) is 23.1 Å². The Morgan fingerprint density at radius 3 is 2.39 bits per heavy atom. The second-order valence-electron chi connectivity index (χ2n) is 14.7. The SMILES string of the molecule is COc1cc(Nc2nc(N[C@H]3CCCC[C@H]3N)n3ccnc3c2C(N)=O)cc(OCCOCCOCCOCCNc2cccc3c2C(=O)N(C2CCC(=O)NC2=O)C3=O)c1. The van der Waals surface area contributed by atoms with Crippen molar-refractivity contribution in [3.8, 4) is 11.5 Å². The van der Waals surface area contributed by atoms with Crippen LogP contribution >= 0.6 is 0 Å². The lowest BCUT2D eigenvalue weighted by molar-refractivity contribution is -0.136. The first-order valence-corrected chi connectivity index (χ1v) is 20.2. The topological polar surface area (TPSA) is 265 Å². The molecule has 1 aliphatic carbocycles. The Labute approximate surface area is 350 Å². The number of anilines is 4. The van der Waals surface area contributed by atoms with E-state index in [1.54, 1.807) is 53.2 Å². The van der Waals surface area contributed by atoms with Crippen molar-refractivity contribution in [3.05, 3.63) is 65.5 Å². The largest absolute Gasteiger partial charge is 0.497 e. The summed E-state index contributed by atoms with van der Waals surface area (Å²) in [5.74, 6) is -1.21. The molecule has 5 amide bonds. The summed E-state index contributed by atoms with van der Waals surface area (Å²) >= 11 is 0. The Kier molecular flexibility index (Phi) is 13.9. The molecule has 3 atom stereocenters. The maximum atomic E-state index is 13.2. The number of imide groups is 2. The Hall–Kier alpha value is -6.35. The van der Waals surface area contributed by atoms with E-state index in [1.807, 2.05) is 0 Å². The number of aromatic nitrogens is 3. The molecular formula is C41H50N10O10. The van der Waals surface area contributed by atoms with Gasteiger partial charge in [0.2, 0.25) is 17.8 Å². The average Bonchev–Trinajstić information content (AvgIpc) is 3.83. The van der Waals surface area contributed by atoms with Crippen molar-refractivity contribution in [3.63, 3.8) is 0 Å². The molecule has 20 heteroatoms. The maximum absolute atomic E-state index is 13.2. The number of rotatable bonds is 21. The van der Waals surface area contributed by atoms with Gasteiger partial charge >= 0.3 is 0 Å². The molecule has 8 N–H and O–H groups in total. The van der Waals surface area contributed by atoms with Gasteiger partial charge in [-0.15, -0.1) is 0 Å². The first-order chi connectivity index (χ1) is 29.6. The lowest BCUT2D eigenvalue weighted by atomic mass is 9.91. The number of benzene rings is 2. The fraction of sp³-hybridized carbons (Fsp3) is 0.439. The molecule has 0 radical (unpaired) electrons. The summed E-state index contributed by atoms with van der Waals surface area (Å²) < 4.78 is 30.1. The standard InChI is InChI=1S/C41H50N10O10/c1-57-25-21-24(46-36-34(35(43)53)37-45-11-13-50(37)41(49-36)47-29-7-3-2-6-28(29)42)22-26(23-25)61-20-19-60-18-17-59-16-15-58-14-12-44-30-8-4-5-27-33(30)40(56)51(39(27)55)31-9-10-32(52)48-38(31)54/h4-5,8,11,13,21-23,28-29,31,44,46H,2-3,6-7,9-10,12,14-20,42H2,1H3,(H2,43,53)(H,47,49)(H,48,52,54)/t28-,29+,31?/m1/s1. The van der Waals surface area contributed by atoms with Crippen LogP contribution in [0.5, 0.6) is 11.5 Å². The van der Waals surface area contributed by atoms with E-state index in [-0.39, 0.29) is 60.6 Å². The van der Waals surface area contributed by atoms with Gasteiger partial charge in [-0.1, -0.05) is 18.9 Å². The number of ether oxygens (including phenoxy) is 5. The van der Waals surface area contributed by atoms with E-state index in [9.17, 15) is 24.0 Å². The van der Waals surface area contributed by atoms with Crippen LogP contribution in [0.15, 0.2) is 48.8 Å². The number of hydrogen-bond donors (Lipinski definition) is 6. The van der Waals surface area contributed by atoms with E-state index in [0.29, 0.717) is 74.0 Å². The number of carbonyl (C=O) groups is 5. The normalized spacial score (nSPS) is 18.9. The third-order valence-corrected chi connectivity index (χ3v) is 10.6. The number of methoxy groups -OCH3 is 1. The molecule has 2 fully saturated rings. The summed E-state index contributed by atoms with van der Waals surface area (Å²) in [7, 11) is 1.54. The molecule has 61 heavy (non-hydrogen) atoms. The number of amides is 5. The van der Waals surface area contributed by atoms with Crippen LogP contribution in [-0.2, 0) is 23.8 Å². The van der Waals surface area contributed by atoms with Crippen molar-refractivity contribution >= 4 is 58.3 Å². The van der Waals surface area contributed by atoms with E-state index in [0.717, 1.165) is 30.6 Å². The zero-order valence-electron chi connectivity index (χ0n) is 33.8. The molecule has 324 valence electrons. The number of fused-ring (bicyclic) bond motifs is 2. The molecule has 1 saturated heterocycles. The zero-order chi connectivity index (χ0) is 42.9. The molecule has 2 aliphatic heterocycles. The number of imidazole rings is 1. The second kappa shape index (κ2) is 19.8. The van der Waals surface area contributed by atoms with Crippen molar-refractivity contribution in [2.75, 3.05) is 75.9 Å². The van der Waals surface area contributed by atoms with Crippen LogP contribution in [0.25, 0.3) is 5.65 Å². The van der Waals surface area contributed by atoms with Gasteiger partial charge in [0.25, 0.3) is 17.7 Å². The number of primary amides is 1. The first kappa shape index (κ1) is 42.8. The van der Waals surface area contributed by atoms with E-state index in [1.165, 1.54) is 7.11 Å². The van der Waals surface area contributed by atoms with Crippen LogP contribution in [-0.4, -0.2) is 127 Å². The van der Waals surface area contributed by atoms with Gasteiger partial charge in [0, 0.05) is 67.0 Å². The lowest BCUT2D eigenvalue weighted by Crippen LogP contribution is -2.54. The van der Waals surface area contributed by atoms with Gasteiger partial charge in [-0.2, -0.15) is 4.98 Å². The number of nitrogens with two attached hydrogens (primary N) is 2. The smallest absolute Gasteiger partial charge is 0.264 e. The zero-order valence-corrected chi connectivity index (χ0v) is 33.8. The van der Waals surface area contributed by atoms with E-state index >= 15 is 0 Å². The predicted octanol–water partition coefficient (Wildman–Crippen LogP) is 2.20. The molecule has 4 aromatic rings. The van der Waals surface area contributed by atoms with Crippen molar-refractivity contribution < 1.29 is 47.7 Å². The van der Waals surface area contributed by atoms with Crippen LogP contribution in [0, 0.1) is 0 Å². The van der Waals surface area contributed by atoms with Gasteiger partial charge in [-0.3, -0.25) is 38.6 Å². The van der Waals surface area contributed by atoms with Crippen LogP contribution in [0.1, 0.15) is 69.6 Å². The van der Waals surface area contributed by atoms with Gasteiger partial charge in [-0.25, -0.2) is 4.98 Å². The third kappa shape index (κ3) is 10.00. The summed E-state index contributed by atoms with van der Waals surface area (Å²) in [4.78, 5) is 73.0. The third-order valence-electron chi connectivity index (χ3n) is 10.6. The molecule has 7 rings (SSSR count). The van der Waals surface area contributed by atoms with Crippen LogP contribution in [0.2, 0.25) is 0 Å². The first-order valence-electron chi connectivity index (χ1n) is 20.2. The Morgan fingerprint density at radius 2 is 1.66 bits per heavy atom. The highest BCUT2D eigenvalue weighted by Crippen LogP contribution is 2.33. The minimum Gasteiger partial charge on any atom is -0.497 e. The van der Waals surface area contributed by atoms with Crippen LogP contribution < -0.4 is 42.2 Å². The summed E-state index contributed by atoms with van der Waals surface area (Å²) in [6.07, 6.45) is 7.38.